The molecule has 2 amide bonds. The topological polar surface area (TPSA) is 84.2 Å². The standard InChI is InChI=1S/C13H18FN3O2/c1-13(2,12(19)16-3)7-17-11(18)9-5-4-8(15)6-10(9)14/h4-6H,7,15H2,1-3H3,(H,16,19)(H,17,18). The monoisotopic (exact) mass is 267 g/mol. The number of nitrogen functional groups attached to an aromatic ring is 1. The van der Waals surface area contributed by atoms with E-state index in [1.54, 1.807) is 13.8 Å². The number of carbonyl (C=O) groups is 2. The molecule has 0 aromatic heterocycles. The van der Waals surface area contributed by atoms with Gasteiger partial charge in [0.15, 0.2) is 0 Å². The Bertz CT molecular complexity index is 501. The van der Waals surface area contributed by atoms with Gasteiger partial charge in [-0.25, -0.2) is 4.39 Å². The van der Waals surface area contributed by atoms with Gasteiger partial charge >= 0.3 is 0 Å². The van der Waals surface area contributed by atoms with Crippen LogP contribution in [0.5, 0.6) is 0 Å². The molecular formula is C13H18FN3O2. The first kappa shape index (κ1) is 14.9. The second kappa shape index (κ2) is 5.69. The molecule has 19 heavy (non-hydrogen) atoms. The quantitative estimate of drug-likeness (QED) is 0.709. The van der Waals surface area contributed by atoms with Gasteiger partial charge in [-0.05, 0) is 32.0 Å². The molecule has 0 aliphatic carbocycles. The molecule has 5 nitrogen and oxygen atoms in total. The zero-order chi connectivity index (χ0) is 14.6. The summed E-state index contributed by atoms with van der Waals surface area (Å²) in [4.78, 5) is 23.4. The smallest absolute Gasteiger partial charge is 0.254 e. The van der Waals surface area contributed by atoms with Gasteiger partial charge in [0.05, 0.1) is 11.0 Å². The van der Waals surface area contributed by atoms with E-state index in [2.05, 4.69) is 10.6 Å². The molecule has 0 unspecified atom stereocenters. The van der Waals surface area contributed by atoms with Crippen molar-refractivity contribution in [2.24, 2.45) is 5.41 Å². The Kier molecular flexibility index (Phi) is 4.47. The Morgan fingerprint density at radius 3 is 2.53 bits per heavy atom. The van der Waals surface area contributed by atoms with Crippen molar-refractivity contribution in [1.29, 1.82) is 0 Å². The second-order valence-electron chi connectivity index (χ2n) is 4.88. The number of benzene rings is 1. The molecule has 0 saturated carbocycles. The molecule has 1 aromatic rings. The van der Waals surface area contributed by atoms with Gasteiger partial charge in [-0.1, -0.05) is 0 Å². The van der Waals surface area contributed by atoms with E-state index in [0.29, 0.717) is 0 Å². The molecule has 0 spiro atoms. The summed E-state index contributed by atoms with van der Waals surface area (Å²) in [5.41, 5.74) is 4.79. The number of nitrogens with one attached hydrogen (secondary N) is 2. The SMILES string of the molecule is CNC(=O)C(C)(C)CNC(=O)c1ccc(N)cc1F. The third kappa shape index (κ3) is 3.67. The van der Waals surface area contributed by atoms with Crippen LogP contribution in [-0.2, 0) is 4.79 Å². The maximum absolute atomic E-state index is 13.5. The second-order valence-corrected chi connectivity index (χ2v) is 4.88. The first-order chi connectivity index (χ1) is 8.77. The first-order valence-electron chi connectivity index (χ1n) is 5.83. The summed E-state index contributed by atoms with van der Waals surface area (Å²) < 4.78 is 13.5. The average Bonchev–Trinajstić information content (AvgIpc) is 2.35. The van der Waals surface area contributed by atoms with Crippen molar-refractivity contribution in [3.05, 3.63) is 29.6 Å². The lowest BCUT2D eigenvalue weighted by Gasteiger charge is -2.22. The van der Waals surface area contributed by atoms with Crippen LogP contribution in [0.1, 0.15) is 24.2 Å². The molecule has 0 bridgehead atoms. The molecule has 0 aliphatic heterocycles. The van der Waals surface area contributed by atoms with Crippen molar-refractivity contribution in [1.82, 2.24) is 10.6 Å². The molecule has 1 rings (SSSR count). The van der Waals surface area contributed by atoms with Gasteiger partial charge in [0.25, 0.3) is 5.91 Å². The number of hydrogen-bond acceptors (Lipinski definition) is 3. The lowest BCUT2D eigenvalue weighted by Crippen LogP contribution is -2.43. The number of amides is 2. The van der Waals surface area contributed by atoms with E-state index < -0.39 is 17.1 Å². The zero-order valence-corrected chi connectivity index (χ0v) is 11.2. The molecule has 0 atom stereocenters. The van der Waals surface area contributed by atoms with Gasteiger partial charge in [0, 0.05) is 19.3 Å². The van der Waals surface area contributed by atoms with E-state index in [4.69, 9.17) is 5.73 Å². The summed E-state index contributed by atoms with van der Waals surface area (Å²) in [6.45, 7) is 3.48. The van der Waals surface area contributed by atoms with Gasteiger partial charge < -0.3 is 16.4 Å². The highest BCUT2D eigenvalue weighted by atomic mass is 19.1. The van der Waals surface area contributed by atoms with Crippen molar-refractivity contribution in [2.45, 2.75) is 13.8 Å². The molecule has 0 saturated heterocycles. The lowest BCUT2D eigenvalue weighted by atomic mass is 9.92. The van der Waals surface area contributed by atoms with Crippen molar-refractivity contribution in [2.75, 3.05) is 19.3 Å². The summed E-state index contributed by atoms with van der Waals surface area (Å²) in [5.74, 6) is -1.46. The Morgan fingerprint density at radius 2 is 2.00 bits per heavy atom. The Hall–Kier alpha value is -2.11. The van der Waals surface area contributed by atoms with Crippen LogP contribution >= 0.6 is 0 Å². The third-order valence-electron chi connectivity index (χ3n) is 2.77. The highest BCUT2D eigenvalue weighted by Gasteiger charge is 2.27. The van der Waals surface area contributed by atoms with Crippen LogP contribution in [0, 0.1) is 11.2 Å². The summed E-state index contributed by atoms with van der Waals surface area (Å²) in [7, 11) is 1.52. The number of hydrogen-bond donors (Lipinski definition) is 3. The van der Waals surface area contributed by atoms with E-state index in [9.17, 15) is 14.0 Å². The van der Waals surface area contributed by atoms with Crippen molar-refractivity contribution >= 4 is 17.5 Å². The fourth-order valence-electron chi connectivity index (χ4n) is 1.53. The Morgan fingerprint density at radius 1 is 1.37 bits per heavy atom. The summed E-state index contributed by atoms with van der Waals surface area (Å²) >= 11 is 0. The highest BCUT2D eigenvalue weighted by Crippen LogP contribution is 2.15. The van der Waals surface area contributed by atoms with Crippen LogP contribution in [0.25, 0.3) is 0 Å². The van der Waals surface area contributed by atoms with Crippen LogP contribution < -0.4 is 16.4 Å². The van der Waals surface area contributed by atoms with Crippen LogP contribution in [0.4, 0.5) is 10.1 Å². The predicted octanol–water partition coefficient (Wildman–Crippen LogP) is 0.910. The zero-order valence-electron chi connectivity index (χ0n) is 11.2. The maximum Gasteiger partial charge on any atom is 0.254 e. The van der Waals surface area contributed by atoms with Crippen LogP contribution in [-0.4, -0.2) is 25.4 Å². The lowest BCUT2D eigenvalue weighted by molar-refractivity contribution is -0.128. The van der Waals surface area contributed by atoms with E-state index in [1.807, 2.05) is 0 Å². The number of halogens is 1. The predicted molar refractivity (Wildman–Crippen MR) is 71.0 cm³/mol. The molecule has 4 N–H and O–H groups in total. The van der Waals surface area contributed by atoms with Gasteiger partial charge in [0.2, 0.25) is 5.91 Å². The Labute approximate surface area is 111 Å². The van der Waals surface area contributed by atoms with Crippen LogP contribution in [0.3, 0.4) is 0 Å². The summed E-state index contributed by atoms with van der Waals surface area (Å²) in [6, 6.07) is 3.84. The molecule has 0 aliphatic rings. The maximum atomic E-state index is 13.5. The van der Waals surface area contributed by atoms with Crippen LogP contribution in [0.2, 0.25) is 0 Å². The van der Waals surface area contributed by atoms with E-state index in [-0.39, 0.29) is 23.7 Å². The van der Waals surface area contributed by atoms with Gasteiger partial charge in [-0.2, -0.15) is 0 Å². The molecule has 6 heteroatoms. The number of nitrogens with two attached hydrogens (primary N) is 1. The molecule has 0 radical (unpaired) electrons. The van der Waals surface area contributed by atoms with E-state index >= 15 is 0 Å². The van der Waals surface area contributed by atoms with Crippen molar-refractivity contribution in [3.63, 3.8) is 0 Å². The summed E-state index contributed by atoms with van der Waals surface area (Å²) in [5, 5.41) is 5.04. The molecule has 1 aromatic carbocycles. The number of anilines is 1. The van der Waals surface area contributed by atoms with Crippen molar-refractivity contribution in [3.8, 4) is 0 Å². The Balaban J connectivity index is 2.73. The molecular weight excluding hydrogens is 249 g/mol. The summed E-state index contributed by atoms with van der Waals surface area (Å²) in [6.07, 6.45) is 0. The largest absolute Gasteiger partial charge is 0.399 e. The first-order valence-corrected chi connectivity index (χ1v) is 5.83. The molecule has 0 heterocycles. The van der Waals surface area contributed by atoms with Gasteiger partial charge in [0.1, 0.15) is 5.82 Å². The van der Waals surface area contributed by atoms with Crippen molar-refractivity contribution < 1.29 is 14.0 Å². The number of rotatable bonds is 4. The molecule has 104 valence electrons. The highest BCUT2D eigenvalue weighted by molar-refractivity contribution is 5.95. The fourth-order valence-corrected chi connectivity index (χ4v) is 1.53. The van der Waals surface area contributed by atoms with E-state index in [0.717, 1.165) is 6.07 Å². The normalized spacial score (nSPS) is 10.9. The van der Waals surface area contributed by atoms with Gasteiger partial charge in [-0.3, -0.25) is 9.59 Å². The average molecular weight is 267 g/mol. The van der Waals surface area contributed by atoms with Crippen LogP contribution in [0.15, 0.2) is 18.2 Å². The minimum Gasteiger partial charge on any atom is -0.399 e. The van der Waals surface area contributed by atoms with E-state index in [1.165, 1.54) is 19.2 Å². The number of carbonyl (C=O) groups excluding carboxylic acids is 2. The minimum atomic E-state index is -0.769. The third-order valence-corrected chi connectivity index (χ3v) is 2.77. The molecule has 0 fully saturated rings. The fraction of sp³-hybridized carbons (Fsp3) is 0.385. The minimum absolute atomic E-state index is 0.0955. The van der Waals surface area contributed by atoms with Gasteiger partial charge in [-0.15, -0.1) is 0 Å².